The van der Waals surface area contributed by atoms with E-state index in [1.807, 2.05) is 24.3 Å². The summed E-state index contributed by atoms with van der Waals surface area (Å²) in [6, 6.07) is 12.4. The van der Waals surface area contributed by atoms with Crippen molar-refractivity contribution < 1.29 is 19.5 Å². The van der Waals surface area contributed by atoms with E-state index in [0.717, 1.165) is 15.8 Å². The molecule has 0 saturated heterocycles. The normalized spacial score (nSPS) is 14.8. The minimum absolute atomic E-state index is 0.0161. The molecule has 124 valence electrons. The maximum absolute atomic E-state index is 12.6. The number of aromatic nitrogens is 1. The van der Waals surface area contributed by atoms with Crippen molar-refractivity contribution in [2.24, 2.45) is 0 Å². The molecule has 4 rings (SSSR count). The molecule has 0 saturated carbocycles. The number of carbonyl (C=O) groups is 3. The van der Waals surface area contributed by atoms with Crippen molar-refractivity contribution in [2.75, 3.05) is 0 Å². The fourth-order valence-corrected chi connectivity index (χ4v) is 3.28. The number of para-hydroxylation sites is 1. The van der Waals surface area contributed by atoms with Crippen molar-refractivity contribution >= 4 is 28.7 Å². The topological polar surface area (TPSA) is 93.3 Å². The molecular weight excluding hydrogens is 320 g/mol. The van der Waals surface area contributed by atoms with Gasteiger partial charge in [-0.3, -0.25) is 14.5 Å². The van der Waals surface area contributed by atoms with Gasteiger partial charge in [0.15, 0.2) is 0 Å². The minimum Gasteiger partial charge on any atom is -0.548 e. The Bertz CT molecular complexity index is 986. The molecule has 1 unspecified atom stereocenters. The number of benzene rings is 2. The molecule has 6 heteroatoms. The average Bonchev–Trinajstić information content (AvgIpc) is 3.13. The van der Waals surface area contributed by atoms with Gasteiger partial charge in [0.1, 0.15) is 0 Å². The second-order valence-corrected chi connectivity index (χ2v) is 5.92. The van der Waals surface area contributed by atoms with Gasteiger partial charge in [-0.1, -0.05) is 30.3 Å². The predicted molar refractivity (Wildman–Crippen MR) is 87.7 cm³/mol. The summed E-state index contributed by atoms with van der Waals surface area (Å²) < 4.78 is 0. The van der Waals surface area contributed by atoms with Gasteiger partial charge in [0, 0.05) is 23.5 Å². The number of carboxylic acid groups (broad SMARTS) is 1. The molecule has 0 spiro atoms. The number of carboxylic acids is 1. The van der Waals surface area contributed by atoms with Gasteiger partial charge in [-0.2, -0.15) is 0 Å². The number of aromatic amines is 1. The standard InChI is InChI=1S/C19H14N2O4/c22-17-13-6-1-2-7-14(13)18(23)21(17)16(19(24)25)9-11-10-20-15-8-4-3-5-12(11)15/h1-8,10,16,20H,9H2,(H,24,25)/p-1. The molecule has 1 atom stereocenters. The molecule has 1 aliphatic heterocycles. The van der Waals surface area contributed by atoms with Crippen LogP contribution in [0, 0.1) is 0 Å². The summed E-state index contributed by atoms with van der Waals surface area (Å²) in [5.74, 6) is -2.66. The number of fused-ring (bicyclic) bond motifs is 2. The van der Waals surface area contributed by atoms with Crippen LogP contribution in [0.3, 0.4) is 0 Å². The van der Waals surface area contributed by atoms with E-state index in [1.165, 1.54) is 12.1 Å². The lowest BCUT2D eigenvalue weighted by Gasteiger charge is -2.27. The van der Waals surface area contributed by atoms with E-state index >= 15 is 0 Å². The van der Waals surface area contributed by atoms with E-state index in [2.05, 4.69) is 4.98 Å². The Morgan fingerprint density at radius 2 is 1.60 bits per heavy atom. The Kier molecular flexibility index (Phi) is 3.39. The van der Waals surface area contributed by atoms with E-state index in [0.29, 0.717) is 5.56 Å². The lowest BCUT2D eigenvalue weighted by molar-refractivity contribution is -0.310. The molecule has 0 radical (unpaired) electrons. The highest BCUT2D eigenvalue weighted by atomic mass is 16.4. The smallest absolute Gasteiger partial charge is 0.262 e. The third-order valence-electron chi connectivity index (χ3n) is 4.50. The number of H-pyrrole nitrogens is 1. The highest BCUT2D eigenvalue weighted by Crippen LogP contribution is 2.27. The number of nitrogens with zero attached hydrogens (tertiary/aromatic N) is 1. The van der Waals surface area contributed by atoms with E-state index in [9.17, 15) is 19.5 Å². The van der Waals surface area contributed by atoms with Gasteiger partial charge in [-0.05, 0) is 23.8 Å². The minimum atomic E-state index is -1.46. The number of carbonyl (C=O) groups excluding carboxylic acids is 3. The fourth-order valence-electron chi connectivity index (χ4n) is 3.28. The van der Waals surface area contributed by atoms with Crippen LogP contribution in [0.4, 0.5) is 0 Å². The molecule has 0 aliphatic carbocycles. The van der Waals surface area contributed by atoms with Crippen LogP contribution in [0.1, 0.15) is 26.3 Å². The first-order valence-corrected chi connectivity index (χ1v) is 7.80. The first-order chi connectivity index (χ1) is 12.1. The Labute approximate surface area is 142 Å². The van der Waals surface area contributed by atoms with Crippen molar-refractivity contribution in [1.82, 2.24) is 9.88 Å². The second-order valence-electron chi connectivity index (χ2n) is 5.92. The maximum Gasteiger partial charge on any atom is 0.262 e. The zero-order chi connectivity index (χ0) is 17.6. The first kappa shape index (κ1) is 15.1. The van der Waals surface area contributed by atoms with E-state index in [4.69, 9.17) is 0 Å². The van der Waals surface area contributed by atoms with Crippen molar-refractivity contribution in [2.45, 2.75) is 12.5 Å². The molecular formula is C19H13N2O4-. The predicted octanol–water partition coefficient (Wildman–Crippen LogP) is 1.13. The number of aliphatic carboxylic acids is 1. The van der Waals surface area contributed by atoms with E-state index in [-0.39, 0.29) is 17.5 Å². The van der Waals surface area contributed by atoms with Gasteiger partial charge in [-0.15, -0.1) is 0 Å². The third kappa shape index (κ3) is 2.30. The van der Waals surface area contributed by atoms with Crippen LogP contribution in [-0.2, 0) is 11.2 Å². The SMILES string of the molecule is O=C([O-])C(Cc1c[nH]c2ccccc12)N1C(=O)c2ccccc2C1=O. The van der Waals surface area contributed by atoms with Crippen LogP contribution in [0.5, 0.6) is 0 Å². The zero-order valence-corrected chi connectivity index (χ0v) is 13.1. The van der Waals surface area contributed by atoms with Gasteiger partial charge < -0.3 is 14.9 Å². The monoisotopic (exact) mass is 333 g/mol. The molecule has 1 aromatic heterocycles. The van der Waals surface area contributed by atoms with Crippen LogP contribution in [0.25, 0.3) is 10.9 Å². The molecule has 1 aliphatic rings. The van der Waals surface area contributed by atoms with Crippen molar-refractivity contribution in [3.63, 3.8) is 0 Å². The molecule has 2 heterocycles. The zero-order valence-electron chi connectivity index (χ0n) is 13.1. The van der Waals surface area contributed by atoms with Gasteiger partial charge in [0.05, 0.1) is 23.1 Å². The highest BCUT2D eigenvalue weighted by Gasteiger charge is 2.40. The van der Waals surface area contributed by atoms with E-state index < -0.39 is 23.8 Å². The highest BCUT2D eigenvalue weighted by molar-refractivity contribution is 6.22. The van der Waals surface area contributed by atoms with Crippen LogP contribution in [0.15, 0.2) is 54.7 Å². The van der Waals surface area contributed by atoms with Crippen LogP contribution < -0.4 is 5.11 Å². The molecule has 1 N–H and O–H groups in total. The van der Waals surface area contributed by atoms with Crippen molar-refractivity contribution in [1.29, 1.82) is 0 Å². The lowest BCUT2D eigenvalue weighted by Crippen LogP contribution is -2.51. The first-order valence-electron chi connectivity index (χ1n) is 7.80. The summed E-state index contributed by atoms with van der Waals surface area (Å²) in [4.78, 5) is 40.7. The Hall–Kier alpha value is -3.41. The van der Waals surface area contributed by atoms with Gasteiger partial charge >= 0.3 is 0 Å². The largest absolute Gasteiger partial charge is 0.548 e. The molecule has 25 heavy (non-hydrogen) atoms. The summed E-state index contributed by atoms with van der Waals surface area (Å²) in [5.41, 5.74) is 2.01. The number of imide groups is 1. The van der Waals surface area contributed by atoms with Crippen molar-refractivity contribution in [3.8, 4) is 0 Å². The summed E-state index contributed by atoms with van der Waals surface area (Å²) in [6.07, 6.45) is 1.68. The number of amides is 2. The summed E-state index contributed by atoms with van der Waals surface area (Å²) in [6.45, 7) is 0. The van der Waals surface area contributed by atoms with E-state index in [1.54, 1.807) is 18.3 Å². The number of hydrogen-bond acceptors (Lipinski definition) is 4. The average molecular weight is 333 g/mol. The van der Waals surface area contributed by atoms with Gasteiger partial charge in [-0.25, -0.2) is 0 Å². The molecule has 3 aromatic rings. The quantitative estimate of drug-likeness (QED) is 0.724. The molecule has 6 nitrogen and oxygen atoms in total. The van der Waals surface area contributed by atoms with Crippen LogP contribution >= 0.6 is 0 Å². The molecule has 2 aromatic carbocycles. The van der Waals surface area contributed by atoms with Crippen molar-refractivity contribution in [3.05, 3.63) is 71.4 Å². The van der Waals surface area contributed by atoms with Gasteiger partial charge in [0.2, 0.25) is 0 Å². The number of hydrogen-bond donors (Lipinski definition) is 1. The Morgan fingerprint density at radius 3 is 2.24 bits per heavy atom. The second kappa shape index (κ2) is 5.59. The maximum atomic E-state index is 12.6. The molecule has 2 amide bonds. The van der Waals surface area contributed by atoms with Crippen LogP contribution in [0.2, 0.25) is 0 Å². The Balaban J connectivity index is 1.73. The third-order valence-corrected chi connectivity index (χ3v) is 4.50. The summed E-state index contributed by atoms with van der Waals surface area (Å²) >= 11 is 0. The molecule has 0 bridgehead atoms. The summed E-state index contributed by atoms with van der Waals surface area (Å²) in [7, 11) is 0. The number of rotatable bonds is 4. The fraction of sp³-hybridized carbons (Fsp3) is 0.105. The Morgan fingerprint density at radius 1 is 1.00 bits per heavy atom. The number of nitrogens with one attached hydrogen (secondary N) is 1. The van der Waals surface area contributed by atoms with Crippen LogP contribution in [-0.4, -0.2) is 33.7 Å². The summed E-state index contributed by atoms with van der Waals surface area (Å²) in [5, 5.41) is 12.6. The van der Waals surface area contributed by atoms with Gasteiger partial charge in [0.25, 0.3) is 11.8 Å². The lowest BCUT2D eigenvalue weighted by atomic mass is 10.0. The molecule has 0 fully saturated rings.